The van der Waals surface area contributed by atoms with Crippen molar-refractivity contribution in [1.29, 1.82) is 0 Å². The molecule has 0 radical (unpaired) electrons. The van der Waals surface area contributed by atoms with Gasteiger partial charge in [0.15, 0.2) is 0 Å². The van der Waals surface area contributed by atoms with Gasteiger partial charge in [-0.2, -0.15) is 11.8 Å². The minimum atomic E-state index is -0.108. The molecular formula is C22H24N4O2S2. The normalized spacial score (nSPS) is 19.9. The Labute approximate surface area is 183 Å². The zero-order chi connectivity index (χ0) is 20.5. The van der Waals surface area contributed by atoms with Crippen LogP contribution in [0.1, 0.15) is 12.8 Å². The van der Waals surface area contributed by atoms with E-state index in [2.05, 4.69) is 9.88 Å². The minimum absolute atomic E-state index is 0.0288. The Hall–Kier alpha value is -2.32. The quantitative estimate of drug-likeness (QED) is 0.676. The van der Waals surface area contributed by atoms with Gasteiger partial charge in [0.1, 0.15) is 4.70 Å². The summed E-state index contributed by atoms with van der Waals surface area (Å²) in [6.45, 7) is 3.10. The molecule has 2 aromatic heterocycles. The van der Waals surface area contributed by atoms with Crippen molar-refractivity contribution < 1.29 is 4.79 Å². The van der Waals surface area contributed by atoms with Gasteiger partial charge in [-0.3, -0.25) is 14.6 Å². The summed E-state index contributed by atoms with van der Waals surface area (Å²) in [6.07, 6.45) is 1.83. The molecule has 1 aromatic carbocycles. The number of hydrogen-bond acceptors (Lipinski definition) is 6. The lowest BCUT2D eigenvalue weighted by Crippen LogP contribution is -2.47. The highest BCUT2D eigenvalue weighted by atomic mass is 32.2. The molecule has 2 aliphatic rings. The maximum atomic E-state index is 13.0. The van der Waals surface area contributed by atoms with E-state index in [4.69, 9.17) is 4.98 Å². The highest BCUT2D eigenvalue weighted by molar-refractivity contribution is 7.99. The molecule has 3 aromatic rings. The lowest BCUT2D eigenvalue weighted by atomic mass is 9.96. The summed E-state index contributed by atoms with van der Waals surface area (Å²) in [4.78, 5) is 37.7. The highest BCUT2D eigenvalue weighted by Gasteiger charge is 2.31. The zero-order valence-corrected chi connectivity index (χ0v) is 18.3. The summed E-state index contributed by atoms with van der Waals surface area (Å²) in [6, 6.07) is 10.0. The second kappa shape index (κ2) is 8.43. The summed E-state index contributed by atoms with van der Waals surface area (Å²) >= 11 is 3.34. The molecule has 2 fully saturated rings. The Kier molecular flexibility index (Phi) is 5.52. The summed E-state index contributed by atoms with van der Waals surface area (Å²) in [7, 11) is 0. The van der Waals surface area contributed by atoms with Crippen molar-refractivity contribution >= 4 is 45.2 Å². The van der Waals surface area contributed by atoms with Gasteiger partial charge in [0, 0.05) is 48.6 Å². The van der Waals surface area contributed by atoms with E-state index in [-0.39, 0.29) is 17.4 Å². The van der Waals surface area contributed by atoms with Gasteiger partial charge in [-0.25, -0.2) is 4.98 Å². The number of thiophene rings is 1. The molecule has 0 spiro atoms. The predicted octanol–water partition coefficient (Wildman–Crippen LogP) is 3.44. The Balaban J connectivity index is 1.44. The van der Waals surface area contributed by atoms with Gasteiger partial charge in [0.05, 0.1) is 11.4 Å². The Morgan fingerprint density at radius 3 is 2.73 bits per heavy atom. The topological polar surface area (TPSA) is 69.3 Å². The van der Waals surface area contributed by atoms with Crippen molar-refractivity contribution in [1.82, 2.24) is 14.9 Å². The maximum absolute atomic E-state index is 13.0. The fourth-order valence-corrected chi connectivity index (χ4v) is 6.11. The third kappa shape index (κ3) is 3.74. The maximum Gasteiger partial charge on any atom is 0.270 e. The Bertz CT molecular complexity index is 1110. The van der Waals surface area contributed by atoms with Gasteiger partial charge in [-0.15, -0.1) is 11.3 Å². The second-order valence-electron chi connectivity index (χ2n) is 7.81. The van der Waals surface area contributed by atoms with Crippen LogP contribution >= 0.6 is 23.1 Å². The number of nitrogens with zero attached hydrogens (tertiary/aromatic N) is 3. The molecule has 1 unspecified atom stereocenters. The molecule has 1 atom stereocenters. The molecule has 2 saturated heterocycles. The van der Waals surface area contributed by atoms with E-state index in [1.165, 1.54) is 11.3 Å². The molecule has 156 valence electrons. The van der Waals surface area contributed by atoms with Crippen LogP contribution in [-0.4, -0.2) is 58.5 Å². The SMILES string of the molecule is O=C(C1CCCN(c2nc3c(-c4ccccc4)csc3c(=O)[nH]2)C1)N1CCSCC1. The number of amides is 1. The van der Waals surface area contributed by atoms with Gasteiger partial charge in [0.25, 0.3) is 5.56 Å². The van der Waals surface area contributed by atoms with Crippen LogP contribution in [0.2, 0.25) is 0 Å². The number of carbonyl (C=O) groups excluding carboxylic acids is 1. The number of H-pyrrole nitrogens is 1. The molecule has 0 saturated carbocycles. The van der Waals surface area contributed by atoms with Crippen molar-refractivity contribution in [2.45, 2.75) is 12.8 Å². The molecule has 2 aliphatic heterocycles. The first-order valence-electron chi connectivity index (χ1n) is 10.4. The molecule has 0 bridgehead atoms. The second-order valence-corrected chi connectivity index (χ2v) is 9.91. The average molecular weight is 441 g/mol. The van der Waals surface area contributed by atoms with Crippen molar-refractivity contribution in [3.05, 3.63) is 46.1 Å². The van der Waals surface area contributed by atoms with E-state index >= 15 is 0 Å². The number of thioether (sulfide) groups is 1. The number of aromatic nitrogens is 2. The van der Waals surface area contributed by atoms with E-state index in [0.29, 0.717) is 17.2 Å². The molecular weight excluding hydrogens is 416 g/mol. The van der Waals surface area contributed by atoms with E-state index in [0.717, 1.165) is 60.6 Å². The number of piperidine rings is 1. The van der Waals surface area contributed by atoms with Crippen molar-refractivity contribution in [3.8, 4) is 11.1 Å². The first kappa shape index (κ1) is 19.6. The molecule has 4 heterocycles. The Morgan fingerprint density at radius 2 is 1.93 bits per heavy atom. The number of rotatable bonds is 3. The summed E-state index contributed by atoms with van der Waals surface area (Å²) in [5.41, 5.74) is 2.68. The average Bonchev–Trinajstić information content (AvgIpc) is 3.24. The zero-order valence-electron chi connectivity index (χ0n) is 16.7. The van der Waals surface area contributed by atoms with E-state index in [9.17, 15) is 9.59 Å². The molecule has 8 heteroatoms. The van der Waals surface area contributed by atoms with Gasteiger partial charge < -0.3 is 9.80 Å². The van der Waals surface area contributed by atoms with Crippen LogP contribution in [0.25, 0.3) is 21.3 Å². The Morgan fingerprint density at radius 1 is 1.13 bits per heavy atom. The van der Waals surface area contributed by atoms with Crippen LogP contribution in [0.15, 0.2) is 40.5 Å². The minimum Gasteiger partial charge on any atom is -0.342 e. The number of hydrogen-bond donors (Lipinski definition) is 1. The molecule has 5 rings (SSSR count). The number of aromatic amines is 1. The third-order valence-corrected chi connectivity index (χ3v) is 7.80. The lowest BCUT2D eigenvalue weighted by molar-refractivity contribution is -0.135. The number of nitrogens with one attached hydrogen (secondary N) is 1. The van der Waals surface area contributed by atoms with Gasteiger partial charge in [0.2, 0.25) is 11.9 Å². The fraction of sp³-hybridized carbons (Fsp3) is 0.409. The predicted molar refractivity (Wildman–Crippen MR) is 125 cm³/mol. The van der Waals surface area contributed by atoms with Crippen LogP contribution < -0.4 is 10.5 Å². The number of benzene rings is 1. The van der Waals surface area contributed by atoms with Crippen LogP contribution in [0, 0.1) is 5.92 Å². The van der Waals surface area contributed by atoms with Gasteiger partial charge >= 0.3 is 0 Å². The largest absolute Gasteiger partial charge is 0.342 e. The number of anilines is 1. The lowest BCUT2D eigenvalue weighted by Gasteiger charge is -2.36. The summed E-state index contributed by atoms with van der Waals surface area (Å²) in [5.74, 6) is 2.85. The first-order chi connectivity index (χ1) is 14.7. The van der Waals surface area contributed by atoms with Crippen LogP contribution in [0.5, 0.6) is 0 Å². The van der Waals surface area contributed by atoms with Crippen LogP contribution in [0.3, 0.4) is 0 Å². The first-order valence-corrected chi connectivity index (χ1v) is 12.4. The van der Waals surface area contributed by atoms with Gasteiger partial charge in [-0.05, 0) is 18.4 Å². The van der Waals surface area contributed by atoms with E-state index < -0.39 is 0 Å². The smallest absolute Gasteiger partial charge is 0.270 e. The summed E-state index contributed by atoms with van der Waals surface area (Å²) in [5, 5.41) is 2.00. The monoisotopic (exact) mass is 440 g/mol. The molecule has 0 aliphatic carbocycles. The molecule has 6 nitrogen and oxygen atoms in total. The third-order valence-electron chi connectivity index (χ3n) is 5.89. The van der Waals surface area contributed by atoms with Crippen molar-refractivity contribution in [2.75, 3.05) is 42.6 Å². The summed E-state index contributed by atoms with van der Waals surface area (Å²) < 4.78 is 0.646. The van der Waals surface area contributed by atoms with E-state index in [1.54, 1.807) is 0 Å². The highest BCUT2D eigenvalue weighted by Crippen LogP contribution is 2.32. The van der Waals surface area contributed by atoms with Crippen LogP contribution in [-0.2, 0) is 4.79 Å². The molecule has 1 amide bonds. The van der Waals surface area contributed by atoms with Crippen LogP contribution in [0.4, 0.5) is 5.95 Å². The van der Waals surface area contributed by atoms with E-state index in [1.807, 2.05) is 52.4 Å². The van der Waals surface area contributed by atoms with Crippen molar-refractivity contribution in [3.63, 3.8) is 0 Å². The number of carbonyl (C=O) groups is 1. The van der Waals surface area contributed by atoms with Gasteiger partial charge in [-0.1, -0.05) is 30.3 Å². The standard InChI is InChI=1S/C22H24N4O2S2/c27-20-19-18(17(14-30-19)15-5-2-1-3-6-15)23-22(24-20)26-8-4-7-16(13-26)21(28)25-9-11-29-12-10-25/h1-3,5-6,14,16H,4,7-13H2,(H,23,24,27). The fourth-order valence-electron chi connectivity index (χ4n) is 4.30. The number of fused-ring (bicyclic) bond motifs is 1. The molecule has 30 heavy (non-hydrogen) atoms. The molecule has 1 N–H and O–H groups in total. The van der Waals surface area contributed by atoms with Crippen molar-refractivity contribution in [2.24, 2.45) is 5.92 Å².